The number of nitrogens with one attached hydrogen (secondary N) is 1. The molecule has 0 aliphatic carbocycles. The first-order valence-electron chi connectivity index (χ1n) is 9.86. The predicted molar refractivity (Wildman–Crippen MR) is 116 cm³/mol. The van der Waals surface area contributed by atoms with Crippen LogP contribution in [0.3, 0.4) is 0 Å². The lowest BCUT2D eigenvalue weighted by atomic mass is 10.1. The van der Waals surface area contributed by atoms with Gasteiger partial charge in [0, 0.05) is 16.5 Å². The van der Waals surface area contributed by atoms with Crippen LogP contribution in [0.1, 0.15) is 45.5 Å². The SMILES string of the molecule is CCOC(=O)CC(NC(=O)OC(C)(C)C)C(=O)Cn1nnnc1Cc1c(Cl)cccc1Cl. The predicted octanol–water partition coefficient (Wildman–Crippen LogP) is 2.99. The van der Waals surface area contributed by atoms with Crippen LogP contribution in [0, 0.1) is 0 Å². The summed E-state index contributed by atoms with van der Waals surface area (Å²) < 4.78 is 11.4. The first-order chi connectivity index (χ1) is 15.0. The molecule has 0 aliphatic rings. The number of esters is 1. The number of ketones is 1. The maximum Gasteiger partial charge on any atom is 0.408 e. The average Bonchev–Trinajstić information content (AvgIpc) is 3.09. The van der Waals surface area contributed by atoms with Gasteiger partial charge in [0.15, 0.2) is 11.6 Å². The fourth-order valence-corrected chi connectivity index (χ4v) is 3.20. The van der Waals surface area contributed by atoms with E-state index >= 15 is 0 Å². The van der Waals surface area contributed by atoms with Crippen molar-refractivity contribution in [2.45, 2.75) is 58.7 Å². The van der Waals surface area contributed by atoms with E-state index in [0.717, 1.165) is 0 Å². The fourth-order valence-electron chi connectivity index (χ4n) is 2.67. The minimum Gasteiger partial charge on any atom is -0.466 e. The lowest BCUT2D eigenvalue weighted by molar-refractivity contribution is -0.145. The van der Waals surface area contributed by atoms with Gasteiger partial charge < -0.3 is 14.8 Å². The van der Waals surface area contributed by atoms with Gasteiger partial charge in [-0.3, -0.25) is 9.59 Å². The molecule has 0 fully saturated rings. The van der Waals surface area contributed by atoms with Crippen molar-refractivity contribution in [1.82, 2.24) is 25.5 Å². The van der Waals surface area contributed by atoms with Crippen molar-refractivity contribution >= 4 is 41.0 Å². The molecule has 2 aromatic rings. The zero-order chi connectivity index (χ0) is 23.9. The summed E-state index contributed by atoms with van der Waals surface area (Å²) in [5, 5.41) is 14.7. The first-order valence-corrected chi connectivity index (χ1v) is 10.6. The highest BCUT2D eigenvalue weighted by atomic mass is 35.5. The normalized spacial score (nSPS) is 12.2. The van der Waals surface area contributed by atoms with Crippen molar-refractivity contribution in [3.8, 4) is 0 Å². The molecular weight excluding hydrogens is 461 g/mol. The number of carbonyl (C=O) groups excluding carboxylic acids is 3. The molecule has 0 saturated carbocycles. The maximum atomic E-state index is 12.9. The Balaban J connectivity index is 2.17. The molecule has 0 bridgehead atoms. The van der Waals surface area contributed by atoms with E-state index < -0.39 is 29.5 Å². The Morgan fingerprint density at radius 1 is 1.19 bits per heavy atom. The zero-order valence-corrected chi connectivity index (χ0v) is 19.7. The lowest BCUT2D eigenvalue weighted by Gasteiger charge is -2.22. The second-order valence-electron chi connectivity index (χ2n) is 7.80. The summed E-state index contributed by atoms with van der Waals surface area (Å²) in [6.45, 7) is 6.53. The number of carbonyl (C=O) groups is 3. The highest BCUT2D eigenvalue weighted by molar-refractivity contribution is 6.36. The van der Waals surface area contributed by atoms with E-state index in [1.165, 1.54) is 4.68 Å². The quantitative estimate of drug-likeness (QED) is 0.537. The van der Waals surface area contributed by atoms with Crippen LogP contribution in [0.5, 0.6) is 0 Å². The van der Waals surface area contributed by atoms with Crippen molar-refractivity contribution in [3.63, 3.8) is 0 Å². The van der Waals surface area contributed by atoms with E-state index in [2.05, 4.69) is 20.8 Å². The molecular formula is C20H25Cl2N5O5. The molecule has 0 aliphatic heterocycles. The fraction of sp³-hybridized carbons (Fsp3) is 0.500. The summed E-state index contributed by atoms with van der Waals surface area (Å²) in [6, 6.07) is 3.89. The summed E-state index contributed by atoms with van der Waals surface area (Å²) in [5.41, 5.74) is -0.173. The smallest absolute Gasteiger partial charge is 0.408 e. The molecule has 1 aromatic carbocycles. The molecule has 1 amide bonds. The van der Waals surface area contributed by atoms with E-state index in [0.29, 0.717) is 21.4 Å². The molecule has 1 aromatic heterocycles. The van der Waals surface area contributed by atoms with Gasteiger partial charge in [0.1, 0.15) is 18.2 Å². The number of hydrogen-bond donors (Lipinski definition) is 1. The molecule has 174 valence electrons. The Morgan fingerprint density at radius 3 is 2.44 bits per heavy atom. The van der Waals surface area contributed by atoms with E-state index in [-0.39, 0.29) is 26.0 Å². The number of hydrogen-bond acceptors (Lipinski definition) is 8. The molecule has 1 atom stereocenters. The maximum absolute atomic E-state index is 12.9. The minimum atomic E-state index is -1.19. The molecule has 12 heteroatoms. The standard InChI is InChI=1S/C20H25Cl2N5O5/c1-5-31-18(29)10-15(23-19(30)32-20(2,3)4)16(28)11-27-17(24-25-26-27)9-12-13(21)7-6-8-14(12)22/h6-8,15H,5,9-11H2,1-4H3,(H,23,30). The van der Waals surface area contributed by atoms with Gasteiger partial charge in [0.25, 0.3) is 0 Å². The van der Waals surface area contributed by atoms with E-state index in [4.69, 9.17) is 32.7 Å². The molecule has 0 saturated heterocycles. The molecule has 0 spiro atoms. The molecule has 32 heavy (non-hydrogen) atoms. The topological polar surface area (TPSA) is 125 Å². The first kappa shape index (κ1) is 25.5. The molecule has 1 unspecified atom stereocenters. The van der Waals surface area contributed by atoms with Crippen LogP contribution in [0.25, 0.3) is 0 Å². The number of Topliss-reactive ketones (excluding diaryl/α,β-unsaturated/α-hetero) is 1. The summed E-state index contributed by atoms with van der Waals surface area (Å²) in [7, 11) is 0. The number of aromatic nitrogens is 4. The van der Waals surface area contributed by atoms with E-state index in [9.17, 15) is 14.4 Å². The Bertz CT molecular complexity index is 953. The Hall–Kier alpha value is -2.72. The van der Waals surface area contributed by atoms with Gasteiger partial charge in [-0.15, -0.1) is 5.10 Å². The van der Waals surface area contributed by atoms with Gasteiger partial charge in [-0.05, 0) is 55.8 Å². The van der Waals surface area contributed by atoms with E-state index in [1.54, 1.807) is 45.9 Å². The summed E-state index contributed by atoms with van der Waals surface area (Å²) in [6.07, 6.45) is -1.01. The Morgan fingerprint density at radius 2 is 1.84 bits per heavy atom. The lowest BCUT2D eigenvalue weighted by Crippen LogP contribution is -2.46. The van der Waals surface area contributed by atoms with Crippen LogP contribution in [-0.4, -0.2) is 56.3 Å². The number of alkyl carbamates (subject to hydrolysis) is 1. The molecule has 1 N–H and O–H groups in total. The Kier molecular flexibility index (Phi) is 8.97. The number of benzene rings is 1. The number of nitrogens with zero attached hydrogens (tertiary/aromatic N) is 4. The van der Waals surface area contributed by atoms with Crippen molar-refractivity contribution in [2.75, 3.05) is 6.61 Å². The number of ether oxygens (including phenoxy) is 2. The van der Waals surface area contributed by atoms with Crippen LogP contribution in [0.15, 0.2) is 18.2 Å². The van der Waals surface area contributed by atoms with E-state index in [1.807, 2.05) is 0 Å². The number of amides is 1. The van der Waals surface area contributed by atoms with Crippen LogP contribution in [0.4, 0.5) is 4.79 Å². The largest absolute Gasteiger partial charge is 0.466 e. The highest BCUT2D eigenvalue weighted by Gasteiger charge is 2.28. The third-order valence-electron chi connectivity index (χ3n) is 4.06. The molecule has 0 radical (unpaired) electrons. The summed E-state index contributed by atoms with van der Waals surface area (Å²) in [4.78, 5) is 37.1. The Labute approximate surface area is 195 Å². The van der Waals surface area contributed by atoms with Crippen molar-refractivity contribution < 1.29 is 23.9 Å². The monoisotopic (exact) mass is 485 g/mol. The number of tetrazole rings is 1. The van der Waals surface area contributed by atoms with Crippen molar-refractivity contribution in [1.29, 1.82) is 0 Å². The molecule has 10 nitrogen and oxygen atoms in total. The second-order valence-corrected chi connectivity index (χ2v) is 8.62. The molecule has 2 rings (SSSR count). The highest BCUT2D eigenvalue weighted by Crippen LogP contribution is 2.26. The van der Waals surface area contributed by atoms with Crippen molar-refractivity contribution in [3.05, 3.63) is 39.6 Å². The van der Waals surface area contributed by atoms with Gasteiger partial charge in [-0.25, -0.2) is 9.48 Å². The minimum absolute atomic E-state index is 0.141. The van der Waals surface area contributed by atoms with Gasteiger partial charge in [-0.2, -0.15) is 0 Å². The molecule has 1 heterocycles. The summed E-state index contributed by atoms with van der Waals surface area (Å²) in [5.74, 6) is -0.815. The van der Waals surface area contributed by atoms with Crippen LogP contribution in [-0.2, 0) is 32.0 Å². The van der Waals surface area contributed by atoms with Crippen LogP contribution >= 0.6 is 23.2 Å². The second kappa shape index (κ2) is 11.2. The third-order valence-corrected chi connectivity index (χ3v) is 4.77. The van der Waals surface area contributed by atoms with Gasteiger partial charge in [0.05, 0.1) is 13.0 Å². The zero-order valence-electron chi connectivity index (χ0n) is 18.2. The van der Waals surface area contributed by atoms with Gasteiger partial charge in [0.2, 0.25) is 0 Å². The summed E-state index contributed by atoms with van der Waals surface area (Å²) >= 11 is 12.4. The number of rotatable bonds is 9. The van der Waals surface area contributed by atoms with Gasteiger partial charge >= 0.3 is 12.1 Å². The van der Waals surface area contributed by atoms with Crippen LogP contribution < -0.4 is 5.32 Å². The van der Waals surface area contributed by atoms with Crippen molar-refractivity contribution in [2.24, 2.45) is 0 Å². The third kappa shape index (κ3) is 7.76. The average molecular weight is 486 g/mol. The van der Waals surface area contributed by atoms with Crippen LogP contribution in [0.2, 0.25) is 10.0 Å². The van der Waals surface area contributed by atoms with Gasteiger partial charge in [-0.1, -0.05) is 29.3 Å². The number of halogens is 2.